The van der Waals surface area contributed by atoms with Gasteiger partial charge >= 0.3 is 0 Å². The van der Waals surface area contributed by atoms with E-state index in [9.17, 15) is 20.1 Å². The third-order valence-corrected chi connectivity index (χ3v) is 5.91. The lowest BCUT2D eigenvalue weighted by molar-refractivity contribution is -0.125. The molecule has 0 aliphatic carbocycles. The molecule has 0 saturated carbocycles. The topological polar surface area (TPSA) is 106 Å². The molecular weight excluding hydrogens is 372 g/mol. The average molecular weight is 397 g/mol. The molecule has 0 aromatic heterocycles. The summed E-state index contributed by atoms with van der Waals surface area (Å²) in [4.78, 5) is 24.7. The van der Waals surface area contributed by atoms with Crippen molar-refractivity contribution < 1.29 is 9.59 Å². The van der Waals surface area contributed by atoms with Crippen LogP contribution >= 0.6 is 11.8 Å². The highest BCUT2D eigenvalue weighted by Crippen LogP contribution is 2.41. The Morgan fingerprint density at radius 3 is 2.50 bits per heavy atom. The first kappa shape index (κ1) is 21.5. The SMILES string of the molecule is CC[C@H](NC(=O)CSC1=C(C#N)C(C)(C)[C@H](C#N)C(=O)N1)c1ccc(C)cc1. The summed E-state index contributed by atoms with van der Waals surface area (Å²) in [6, 6.07) is 12.0. The van der Waals surface area contributed by atoms with Crippen molar-refractivity contribution in [3.05, 3.63) is 46.0 Å². The van der Waals surface area contributed by atoms with Crippen LogP contribution < -0.4 is 10.6 Å². The number of nitriles is 2. The number of thioether (sulfide) groups is 1. The number of rotatable bonds is 6. The average Bonchev–Trinajstić information content (AvgIpc) is 2.64. The van der Waals surface area contributed by atoms with Crippen molar-refractivity contribution in [1.29, 1.82) is 10.5 Å². The first-order valence-electron chi connectivity index (χ1n) is 9.08. The highest BCUT2D eigenvalue weighted by Gasteiger charge is 2.44. The summed E-state index contributed by atoms with van der Waals surface area (Å²) in [6.07, 6.45) is 0.749. The van der Waals surface area contributed by atoms with Gasteiger partial charge in [0.2, 0.25) is 11.8 Å². The van der Waals surface area contributed by atoms with Gasteiger partial charge in [-0.05, 0) is 18.9 Å². The zero-order valence-electron chi connectivity index (χ0n) is 16.5. The molecule has 0 saturated heterocycles. The lowest BCUT2D eigenvalue weighted by atomic mass is 9.72. The van der Waals surface area contributed by atoms with Crippen molar-refractivity contribution >= 4 is 23.6 Å². The van der Waals surface area contributed by atoms with Gasteiger partial charge < -0.3 is 10.6 Å². The predicted molar refractivity (Wildman–Crippen MR) is 108 cm³/mol. The van der Waals surface area contributed by atoms with E-state index < -0.39 is 17.2 Å². The number of aryl methyl sites for hydroxylation is 1. The monoisotopic (exact) mass is 396 g/mol. The molecule has 2 N–H and O–H groups in total. The van der Waals surface area contributed by atoms with Crippen molar-refractivity contribution in [2.75, 3.05) is 5.75 Å². The molecule has 1 aromatic rings. The second kappa shape index (κ2) is 8.95. The van der Waals surface area contributed by atoms with Gasteiger partial charge in [-0.15, -0.1) is 0 Å². The van der Waals surface area contributed by atoms with E-state index >= 15 is 0 Å². The van der Waals surface area contributed by atoms with E-state index in [4.69, 9.17) is 0 Å². The van der Waals surface area contributed by atoms with Gasteiger partial charge in [-0.2, -0.15) is 10.5 Å². The molecule has 1 aromatic carbocycles. The van der Waals surface area contributed by atoms with Crippen molar-refractivity contribution in [3.8, 4) is 12.1 Å². The van der Waals surface area contributed by atoms with Crippen molar-refractivity contribution in [2.24, 2.45) is 11.3 Å². The van der Waals surface area contributed by atoms with Crippen LogP contribution in [-0.2, 0) is 9.59 Å². The van der Waals surface area contributed by atoms with Crippen LogP contribution in [0.5, 0.6) is 0 Å². The Morgan fingerprint density at radius 1 is 1.32 bits per heavy atom. The fourth-order valence-corrected chi connectivity index (χ4v) is 4.11. The van der Waals surface area contributed by atoms with E-state index in [-0.39, 0.29) is 17.7 Å². The molecule has 28 heavy (non-hydrogen) atoms. The van der Waals surface area contributed by atoms with Crippen molar-refractivity contribution in [2.45, 2.75) is 40.2 Å². The maximum atomic E-state index is 12.5. The van der Waals surface area contributed by atoms with Crippen LogP contribution in [0.15, 0.2) is 34.9 Å². The van der Waals surface area contributed by atoms with Crippen LogP contribution in [-0.4, -0.2) is 17.6 Å². The quantitative estimate of drug-likeness (QED) is 0.767. The first-order valence-corrected chi connectivity index (χ1v) is 10.1. The summed E-state index contributed by atoms with van der Waals surface area (Å²) in [7, 11) is 0. The molecule has 1 aliphatic heterocycles. The zero-order chi connectivity index (χ0) is 20.9. The van der Waals surface area contributed by atoms with Gasteiger partial charge in [-0.25, -0.2) is 0 Å². The molecule has 0 radical (unpaired) electrons. The van der Waals surface area contributed by atoms with E-state index in [2.05, 4.69) is 16.7 Å². The minimum absolute atomic E-state index is 0.0659. The summed E-state index contributed by atoms with van der Waals surface area (Å²) in [6.45, 7) is 7.41. The summed E-state index contributed by atoms with van der Waals surface area (Å²) < 4.78 is 0. The number of hydrogen-bond acceptors (Lipinski definition) is 5. The van der Waals surface area contributed by atoms with Crippen LogP contribution in [0.4, 0.5) is 0 Å². The molecule has 6 nitrogen and oxygen atoms in total. The molecule has 1 aliphatic rings. The van der Waals surface area contributed by atoms with E-state index in [1.54, 1.807) is 13.8 Å². The van der Waals surface area contributed by atoms with E-state index in [0.29, 0.717) is 10.6 Å². The smallest absolute Gasteiger partial charge is 0.243 e. The second-order valence-corrected chi connectivity index (χ2v) is 8.30. The van der Waals surface area contributed by atoms with E-state index in [1.807, 2.05) is 44.2 Å². The van der Waals surface area contributed by atoms with Gasteiger partial charge in [-0.3, -0.25) is 9.59 Å². The largest absolute Gasteiger partial charge is 0.349 e. The summed E-state index contributed by atoms with van der Waals surface area (Å²) in [5.41, 5.74) is 1.61. The highest BCUT2D eigenvalue weighted by atomic mass is 32.2. The molecule has 0 unspecified atom stereocenters. The molecule has 2 amide bonds. The Balaban J connectivity index is 2.09. The number of benzene rings is 1. The highest BCUT2D eigenvalue weighted by molar-refractivity contribution is 8.03. The molecule has 0 spiro atoms. The molecule has 0 fully saturated rings. The Hall–Kier alpha value is -2.77. The van der Waals surface area contributed by atoms with Crippen LogP contribution in [0.1, 0.15) is 44.4 Å². The zero-order valence-corrected chi connectivity index (χ0v) is 17.3. The Kier molecular flexibility index (Phi) is 6.88. The molecule has 2 atom stereocenters. The Bertz CT molecular complexity index is 875. The number of amides is 2. The second-order valence-electron chi connectivity index (χ2n) is 7.32. The van der Waals surface area contributed by atoms with Gasteiger partial charge in [0.1, 0.15) is 5.92 Å². The van der Waals surface area contributed by atoms with E-state index in [1.165, 1.54) is 0 Å². The third kappa shape index (κ3) is 4.55. The number of hydrogen-bond donors (Lipinski definition) is 2. The number of allylic oxidation sites excluding steroid dienone is 1. The standard InChI is InChI=1S/C21H24N4O2S/c1-5-17(14-8-6-13(2)7-9-14)24-18(26)12-28-20-16(11-23)21(3,4)15(10-22)19(27)25-20/h6-9,15,17H,5,12H2,1-4H3,(H,24,26)(H,25,27)/t15-,17+/m1/s1. The fraction of sp³-hybridized carbons (Fsp3) is 0.429. The summed E-state index contributed by atoms with van der Waals surface area (Å²) >= 11 is 1.11. The van der Waals surface area contributed by atoms with Crippen LogP contribution in [0, 0.1) is 40.9 Å². The number of carbonyl (C=O) groups excluding carboxylic acids is 2. The lowest BCUT2D eigenvalue weighted by Gasteiger charge is -2.34. The normalized spacial score (nSPS) is 19.2. The molecular formula is C21H24N4O2S. The molecule has 146 valence electrons. The van der Waals surface area contributed by atoms with Crippen LogP contribution in [0.3, 0.4) is 0 Å². The number of nitrogens with one attached hydrogen (secondary N) is 2. The van der Waals surface area contributed by atoms with Crippen molar-refractivity contribution in [1.82, 2.24) is 10.6 Å². The summed E-state index contributed by atoms with van der Waals surface area (Å²) in [5.74, 6) is -1.50. The minimum atomic E-state index is -0.939. The minimum Gasteiger partial charge on any atom is -0.349 e. The Morgan fingerprint density at radius 2 is 1.96 bits per heavy atom. The third-order valence-electron chi connectivity index (χ3n) is 4.90. The fourth-order valence-electron chi connectivity index (χ4n) is 3.13. The van der Waals surface area contributed by atoms with Gasteiger partial charge in [0.25, 0.3) is 0 Å². The molecule has 0 bridgehead atoms. The van der Waals surface area contributed by atoms with Crippen LogP contribution in [0.2, 0.25) is 0 Å². The van der Waals surface area contributed by atoms with Crippen molar-refractivity contribution in [3.63, 3.8) is 0 Å². The van der Waals surface area contributed by atoms with E-state index in [0.717, 1.165) is 29.3 Å². The van der Waals surface area contributed by atoms with Gasteiger partial charge in [0, 0.05) is 5.41 Å². The van der Waals surface area contributed by atoms with Gasteiger partial charge in [0.05, 0.1) is 34.5 Å². The summed E-state index contributed by atoms with van der Waals surface area (Å²) in [5, 5.41) is 24.7. The maximum absolute atomic E-state index is 12.5. The van der Waals surface area contributed by atoms with Crippen LogP contribution in [0.25, 0.3) is 0 Å². The molecule has 7 heteroatoms. The van der Waals surface area contributed by atoms with Gasteiger partial charge in [0.15, 0.2) is 0 Å². The predicted octanol–water partition coefficient (Wildman–Crippen LogP) is 3.33. The number of carbonyl (C=O) groups is 2. The molecule has 1 heterocycles. The lowest BCUT2D eigenvalue weighted by Crippen LogP contribution is -2.44. The Labute approximate surface area is 170 Å². The number of nitrogens with zero attached hydrogens (tertiary/aromatic N) is 2. The van der Waals surface area contributed by atoms with Gasteiger partial charge in [-0.1, -0.05) is 62.4 Å². The molecule has 2 rings (SSSR count). The maximum Gasteiger partial charge on any atom is 0.243 e. The first-order chi connectivity index (χ1) is 13.2.